The van der Waals surface area contributed by atoms with Crippen molar-refractivity contribution in [1.29, 1.82) is 0 Å². The van der Waals surface area contributed by atoms with Crippen molar-refractivity contribution in [3.05, 3.63) is 48.0 Å². The minimum atomic E-state index is 0. The molecule has 7 heteroatoms. The second-order valence-corrected chi connectivity index (χ2v) is 8.88. The Morgan fingerprint density at radius 2 is 1.90 bits per heavy atom. The van der Waals surface area contributed by atoms with Gasteiger partial charge in [-0.1, -0.05) is 42.5 Å². The van der Waals surface area contributed by atoms with Crippen molar-refractivity contribution in [3.8, 4) is 0 Å². The molecule has 6 nitrogen and oxygen atoms in total. The summed E-state index contributed by atoms with van der Waals surface area (Å²) >= 11 is 0. The van der Waals surface area contributed by atoms with Crippen LogP contribution in [0.25, 0.3) is 0 Å². The highest BCUT2D eigenvalue weighted by atomic mass is 127. The summed E-state index contributed by atoms with van der Waals surface area (Å²) in [6, 6.07) is 11.6. The molecule has 2 unspecified atom stereocenters. The van der Waals surface area contributed by atoms with Gasteiger partial charge >= 0.3 is 0 Å². The normalized spacial score (nSPS) is 24.8. The lowest BCUT2D eigenvalue weighted by molar-refractivity contribution is 0.0353. The SMILES string of the molecule is CN=C(NCC1(NC(C)c2ccccc2)CCOCC1)N1CCC(N2CC=CC2)C1.I. The van der Waals surface area contributed by atoms with Crippen LogP contribution in [-0.4, -0.2) is 80.3 Å². The molecule has 2 saturated heterocycles. The maximum absolute atomic E-state index is 5.70. The lowest BCUT2D eigenvalue weighted by Gasteiger charge is -2.41. The zero-order valence-electron chi connectivity index (χ0n) is 18.9. The van der Waals surface area contributed by atoms with Gasteiger partial charge in [-0.05, 0) is 31.7 Å². The highest BCUT2D eigenvalue weighted by Crippen LogP contribution is 2.25. The van der Waals surface area contributed by atoms with Crippen molar-refractivity contribution >= 4 is 29.9 Å². The number of benzene rings is 1. The van der Waals surface area contributed by atoms with Gasteiger partial charge in [0.1, 0.15) is 0 Å². The quantitative estimate of drug-likeness (QED) is 0.252. The summed E-state index contributed by atoms with van der Waals surface area (Å²) < 4.78 is 5.70. The minimum Gasteiger partial charge on any atom is -0.381 e. The number of nitrogens with zero attached hydrogens (tertiary/aromatic N) is 3. The molecule has 2 fully saturated rings. The number of halogens is 1. The molecule has 0 radical (unpaired) electrons. The molecular formula is C24H38IN5O. The van der Waals surface area contributed by atoms with Crippen LogP contribution in [0.1, 0.15) is 37.8 Å². The fourth-order valence-electron chi connectivity index (χ4n) is 5.02. The summed E-state index contributed by atoms with van der Waals surface area (Å²) in [5, 5.41) is 7.65. The molecule has 2 atom stereocenters. The first-order valence-corrected chi connectivity index (χ1v) is 11.4. The van der Waals surface area contributed by atoms with Crippen molar-refractivity contribution in [3.63, 3.8) is 0 Å². The average molecular weight is 540 g/mol. The molecule has 3 aliphatic rings. The third-order valence-corrected chi connectivity index (χ3v) is 6.89. The molecule has 31 heavy (non-hydrogen) atoms. The zero-order valence-corrected chi connectivity index (χ0v) is 21.3. The molecule has 0 bridgehead atoms. The van der Waals surface area contributed by atoms with E-state index in [0.29, 0.717) is 12.1 Å². The van der Waals surface area contributed by atoms with Crippen LogP contribution in [0.2, 0.25) is 0 Å². The summed E-state index contributed by atoms with van der Waals surface area (Å²) in [4.78, 5) is 9.62. The number of ether oxygens (including phenoxy) is 1. The van der Waals surface area contributed by atoms with Crippen LogP contribution in [0.15, 0.2) is 47.5 Å². The fraction of sp³-hybridized carbons (Fsp3) is 0.625. The van der Waals surface area contributed by atoms with Gasteiger partial charge in [0.25, 0.3) is 0 Å². The van der Waals surface area contributed by atoms with Gasteiger partial charge in [-0.3, -0.25) is 9.89 Å². The van der Waals surface area contributed by atoms with Gasteiger partial charge in [0.2, 0.25) is 0 Å². The molecule has 1 aromatic carbocycles. The number of hydrogen-bond donors (Lipinski definition) is 2. The third-order valence-electron chi connectivity index (χ3n) is 6.89. The monoisotopic (exact) mass is 539 g/mol. The summed E-state index contributed by atoms with van der Waals surface area (Å²) in [7, 11) is 1.91. The van der Waals surface area contributed by atoms with Crippen LogP contribution >= 0.6 is 24.0 Å². The maximum atomic E-state index is 5.70. The Morgan fingerprint density at radius 3 is 2.58 bits per heavy atom. The van der Waals surface area contributed by atoms with E-state index in [1.54, 1.807) is 0 Å². The van der Waals surface area contributed by atoms with E-state index in [1.165, 1.54) is 12.0 Å². The first-order valence-electron chi connectivity index (χ1n) is 11.4. The van der Waals surface area contributed by atoms with E-state index >= 15 is 0 Å². The molecule has 3 heterocycles. The van der Waals surface area contributed by atoms with Gasteiger partial charge in [0.05, 0.1) is 0 Å². The molecule has 0 aromatic heterocycles. The highest BCUT2D eigenvalue weighted by molar-refractivity contribution is 14.0. The molecule has 4 rings (SSSR count). The summed E-state index contributed by atoms with van der Waals surface area (Å²) in [5.74, 6) is 1.03. The van der Waals surface area contributed by atoms with Crippen molar-refractivity contribution in [2.45, 2.75) is 43.8 Å². The zero-order chi connectivity index (χ0) is 20.8. The van der Waals surface area contributed by atoms with Crippen LogP contribution in [0.3, 0.4) is 0 Å². The van der Waals surface area contributed by atoms with Crippen molar-refractivity contribution in [2.24, 2.45) is 4.99 Å². The number of aliphatic imine (C=N–C) groups is 1. The van der Waals surface area contributed by atoms with E-state index < -0.39 is 0 Å². The molecule has 0 aliphatic carbocycles. The van der Waals surface area contributed by atoms with E-state index in [4.69, 9.17) is 4.74 Å². The molecule has 0 amide bonds. The number of guanidine groups is 1. The predicted molar refractivity (Wildman–Crippen MR) is 138 cm³/mol. The Kier molecular flexibility index (Phi) is 9.18. The second kappa shape index (κ2) is 11.6. The first-order chi connectivity index (χ1) is 14.7. The van der Waals surface area contributed by atoms with Gasteiger partial charge in [-0.15, -0.1) is 24.0 Å². The fourth-order valence-corrected chi connectivity index (χ4v) is 5.02. The van der Waals surface area contributed by atoms with E-state index in [-0.39, 0.29) is 29.5 Å². The van der Waals surface area contributed by atoms with Gasteiger partial charge in [-0.25, -0.2) is 0 Å². The number of likely N-dealkylation sites (tertiary alicyclic amines) is 1. The molecule has 0 saturated carbocycles. The number of nitrogens with one attached hydrogen (secondary N) is 2. The smallest absolute Gasteiger partial charge is 0.193 e. The Balaban J connectivity index is 0.00000272. The minimum absolute atomic E-state index is 0. The number of hydrogen-bond acceptors (Lipinski definition) is 4. The van der Waals surface area contributed by atoms with Crippen LogP contribution in [0.4, 0.5) is 0 Å². The van der Waals surface area contributed by atoms with Crippen LogP contribution in [0, 0.1) is 0 Å². The summed E-state index contributed by atoms with van der Waals surface area (Å²) in [6.07, 6.45) is 7.80. The Bertz CT molecular complexity index is 727. The van der Waals surface area contributed by atoms with Crippen molar-refractivity contribution < 1.29 is 4.74 Å². The molecule has 172 valence electrons. The topological polar surface area (TPSA) is 52.1 Å². The van der Waals surface area contributed by atoms with Crippen LogP contribution in [0.5, 0.6) is 0 Å². The van der Waals surface area contributed by atoms with Gasteiger partial charge in [0, 0.05) is 70.6 Å². The van der Waals surface area contributed by atoms with Crippen LogP contribution in [-0.2, 0) is 4.74 Å². The average Bonchev–Trinajstić information content (AvgIpc) is 3.48. The van der Waals surface area contributed by atoms with E-state index in [2.05, 4.69) is 74.8 Å². The van der Waals surface area contributed by atoms with Gasteiger partial charge in [0.15, 0.2) is 5.96 Å². The third kappa shape index (κ3) is 6.21. The van der Waals surface area contributed by atoms with Crippen molar-refractivity contribution in [1.82, 2.24) is 20.4 Å². The summed E-state index contributed by atoms with van der Waals surface area (Å²) in [5.41, 5.74) is 1.34. The van der Waals surface area contributed by atoms with E-state index in [1.807, 2.05) is 7.05 Å². The van der Waals surface area contributed by atoms with Gasteiger partial charge < -0.3 is 20.3 Å². The second-order valence-electron chi connectivity index (χ2n) is 8.88. The molecule has 2 N–H and O–H groups in total. The van der Waals surface area contributed by atoms with Crippen LogP contribution < -0.4 is 10.6 Å². The molecule has 3 aliphatic heterocycles. The molecule has 0 spiro atoms. The predicted octanol–water partition coefficient (Wildman–Crippen LogP) is 3.03. The Labute approximate surface area is 204 Å². The largest absolute Gasteiger partial charge is 0.381 e. The van der Waals surface area contributed by atoms with Crippen molar-refractivity contribution in [2.75, 3.05) is 53.0 Å². The first kappa shape index (κ1) is 24.5. The maximum Gasteiger partial charge on any atom is 0.193 e. The van der Waals surface area contributed by atoms with E-state index in [0.717, 1.165) is 64.7 Å². The standard InChI is InChI=1S/C24H37N5O.HI/c1-20(21-8-4-3-5-9-21)27-24(11-16-30-17-12-24)19-26-23(25-2)29-15-10-22(18-29)28-13-6-7-14-28;/h3-9,20,22,27H,10-19H2,1-2H3,(H,25,26);1H. The molecule has 1 aromatic rings. The lowest BCUT2D eigenvalue weighted by atomic mass is 9.88. The Hall–Kier alpha value is -1.16. The van der Waals surface area contributed by atoms with E-state index in [9.17, 15) is 0 Å². The number of rotatable bonds is 6. The summed E-state index contributed by atoms with van der Waals surface area (Å²) in [6.45, 7) is 9.06. The van der Waals surface area contributed by atoms with Gasteiger partial charge in [-0.2, -0.15) is 0 Å². The Morgan fingerprint density at radius 1 is 1.19 bits per heavy atom. The highest BCUT2D eigenvalue weighted by Gasteiger charge is 2.35. The lowest BCUT2D eigenvalue weighted by Crippen LogP contribution is -2.58. The molecular weight excluding hydrogens is 501 g/mol.